The topological polar surface area (TPSA) is 86.7 Å². The summed E-state index contributed by atoms with van der Waals surface area (Å²) >= 11 is 6.32. The van der Waals surface area contributed by atoms with E-state index in [0.717, 1.165) is 32.4 Å². The van der Waals surface area contributed by atoms with Crippen LogP contribution >= 0.6 is 11.6 Å². The lowest BCUT2D eigenvalue weighted by atomic mass is 9.82. The molecule has 7 heteroatoms. The highest BCUT2D eigenvalue weighted by molar-refractivity contribution is 6.34. The van der Waals surface area contributed by atoms with Crippen LogP contribution < -0.4 is 5.32 Å². The van der Waals surface area contributed by atoms with Gasteiger partial charge in [0.05, 0.1) is 22.4 Å². The van der Waals surface area contributed by atoms with E-state index in [1.165, 1.54) is 0 Å². The minimum absolute atomic E-state index is 0.0403. The highest BCUT2D eigenvalue weighted by atomic mass is 35.5. The van der Waals surface area contributed by atoms with Gasteiger partial charge in [0.2, 0.25) is 5.91 Å². The molecule has 1 aromatic rings. The first-order chi connectivity index (χ1) is 13.5. The third-order valence-electron chi connectivity index (χ3n) is 6.16. The molecule has 4 rings (SSSR count). The molecule has 1 saturated heterocycles. The van der Waals surface area contributed by atoms with Crippen LogP contribution in [0, 0.1) is 23.7 Å². The standard InChI is InChI=1S/C21H23ClN2O4/c22-16-11-14(6-7-15(16)20(26)24-8-2-1-3-9-24)23-19(25)17-12-4-5-13(10-12)18(17)21(27)28/h4-7,11-13,17-18H,1-3,8-10H2,(H,23,25)(H,27,28)/t12-,13+,17+,18+/m1/s1. The number of hydrogen-bond donors (Lipinski definition) is 2. The fourth-order valence-corrected chi connectivity index (χ4v) is 5.04. The van der Waals surface area contributed by atoms with Crippen LogP contribution in [0.4, 0.5) is 5.69 Å². The van der Waals surface area contributed by atoms with Gasteiger partial charge in [-0.2, -0.15) is 0 Å². The molecule has 1 aromatic carbocycles. The Hall–Kier alpha value is -2.34. The maximum Gasteiger partial charge on any atom is 0.307 e. The molecular weight excluding hydrogens is 380 g/mol. The zero-order chi connectivity index (χ0) is 19.8. The van der Waals surface area contributed by atoms with E-state index in [-0.39, 0.29) is 28.7 Å². The number of nitrogens with one attached hydrogen (secondary N) is 1. The number of anilines is 1. The Bertz CT molecular complexity index is 847. The number of likely N-dealkylation sites (tertiary alicyclic amines) is 1. The van der Waals surface area contributed by atoms with Crippen LogP contribution in [-0.4, -0.2) is 40.9 Å². The lowest BCUT2D eigenvalue weighted by molar-refractivity contribution is -0.146. The summed E-state index contributed by atoms with van der Waals surface area (Å²) in [6.45, 7) is 1.48. The summed E-state index contributed by atoms with van der Waals surface area (Å²) in [5.74, 6) is -2.72. The zero-order valence-corrected chi connectivity index (χ0v) is 16.2. The van der Waals surface area contributed by atoms with E-state index in [9.17, 15) is 19.5 Å². The van der Waals surface area contributed by atoms with Crippen molar-refractivity contribution in [2.75, 3.05) is 18.4 Å². The number of hydrogen-bond acceptors (Lipinski definition) is 3. The number of nitrogens with zero attached hydrogens (tertiary/aromatic N) is 1. The average molecular weight is 403 g/mol. The minimum Gasteiger partial charge on any atom is -0.481 e. The molecule has 0 spiro atoms. The van der Waals surface area contributed by atoms with Gasteiger partial charge in [0.1, 0.15) is 0 Å². The van der Waals surface area contributed by atoms with E-state index in [4.69, 9.17) is 11.6 Å². The maximum absolute atomic E-state index is 12.8. The second-order valence-corrected chi connectivity index (χ2v) is 8.28. The Balaban J connectivity index is 1.47. The Morgan fingerprint density at radius 2 is 1.71 bits per heavy atom. The van der Waals surface area contributed by atoms with Crippen LogP contribution in [-0.2, 0) is 9.59 Å². The van der Waals surface area contributed by atoms with Crippen LogP contribution in [0.15, 0.2) is 30.4 Å². The number of piperidine rings is 1. The third kappa shape index (κ3) is 3.41. The number of benzene rings is 1. The normalized spacial score (nSPS) is 28.4. The van der Waals surface area contributed by atoms with E-state index in [2.05, 4.69) is 5.32 Å². The average Bonchev–Trinajstić information content (AvgIpc) is 3.30. The summed E-state index contributed by atoms with van der Waals surface area (Å²) in [7, 11) is 0. The molecule has 1 heterocycles. The number of halogens is 1. The van der Waals surface area contributed by atoms with Gasteiger partial charge in [0.15, 0.2) is 0 Å². The minimum atomic E-state index is -0.933. The quantitative estimate of drug-likeness (QED) is 0.755. The highest BCUT2D eigenvalue weighted by Crippen LogP contribution is 2.48. The number of carboxylic acid groups (broad SMARTS) is 1. The molecule has 4 atom stereocenters. The molecular formula is C21H23ClN2O4. The van der Waals surface area contributed by atoms with Gasteiger partial charge in [-0.15, -0.1) is 0 Å². The van der Waals surface area contributed by atoms with Gasteiger partial charge in [-0.25, -0.2) is 0 Å². The number of fused-ring (bicyclic) bond motifs is 2. The number of allylic oxidation sites excluding steroid dienone is 2. The monoisotopic (exact) mass is 402 g/mol. The van der Waals surface area contributed by atoms with Crippen molar-refractivity contribution in [1.82, 2.24) is 4.90 Å². The summed E-state index contributed by atoms with van der Waals surface area (Å²) in [6, 6.07) is 4.85. The molecule has 3 aliphatic rings. The maximum atomic E-state index is 12.8. The number of aliphatic carboxylic acids is 1. The van der Waals surface area contributed by atoms with Crippen molar-refractivity contribution in [3.8, 4) is 0 Å². The van der Waals surface area contributed by atoms with Crippen molar-refractivity contribution < 1.29 is 19.5 Å². The van der Waals surface area contributed by atoms with Gasteiger partial charge in [0.25, 0.3) is 5.91 Å². The predicted octanol–water partition coefficient (Wildman–Crippen LogP) is 3.43. The van der Waals surface area contributed by atoms with Crippen LogP contribution in [0.3, 0.4) is 0 Å². The van der Waals surface area contributed by atoms with E-state index in [1.54, 1.807) is 18.2 Å². The van der Waals surface area contributed by atoms with E-state index >= 15 is 0 Å². The Labute approximate surface area is 168 Å². The van der Waals surface area contributed by atoms with Gasteiger partial charge in [-0.3, -0.25) is 14.4 Å². The number of carbonyl (C=O) groups excluding carboxylic acids is 2. The fourth-order valence-electron chi connectivity index (χ4n) is 4.78. The first kappa shape index (κ1) is 19.0. The number of carbonyl (C=O) groups is 3. The van der Waals surface area contributed by atoms with Crippen molar-refractivity contribution in [3.05, 3.63) is 40.9 Å². The number of carboxylic acids is 1. The molecule has 28 heavy (non-hydrogen) atoms. The molecule has 1 saturated carbocycles. The smallest absolute Gasteiger partial charge is 0.307 e. The molecule has 0 unspecified atom stereocenters. The first-order valence-corrected chi connectivity index (χ1v) is 10.1. The number of amides is 2. The molecule has 1 aliphatic heterocycles. The van der Waals surface area contributed by atoms with E-state index < -0.39 is 17.8 Å². The molecule has 6 nitrogen and oxygen atoms in total. The molecule has 2 fully saturated rings. The fraction of sp³-hybridized carbons (Fsp3) is 0.476. The van der Waals surface area contributed by atoms with Crippen molar-refractivity contribution in [1.29, 1.82) is 0 Å². The van der Waals surface area contributed by atoms with Crippen molar-refractivity contribution >= 4 is 35.1 Å². The van der Waals surface area contributed by atoms with Gasteiger partial charge >= 0.3 is 5.97 Å². The summed E-state index contributed by atoms with van der Waals surface area (Å²) in [4.78, 5) is 38.8. The second-order valence-electron chi connectivity index (χ2n) is 7.87. The Kier molecular flexibility index (Phi) is 5.15. The van der Waals surface area contributed by atoms with Crippen molar-refractivity contribution in [2.45, 2.75) is 25.7 Å². The molecule has 0 radical (unpaired) electrons. The predicted molar refractivity (Wildman–Crippen MR) is 105 cm³/mol. The van der Waals surface area contributed by atoms with Gasteiger partial charge in [0, 0.05) is 18.8 Å². The van der Waals surface area contributed by atoms with Gasteiger partial charge in [-0.1, -0.05) is 23.8 Å². The van der Waals surface area contributed by atoms with Crippen molar-refractivity contribution in [2.24, 2.45) is 23.7 Å². The van der Waals surface area contributed by atoms with E-state index in [1.807, 2.05) is 17.1 Å². The SMILES string of the molecule is O=C(Nc1ccc(C(=O)N2CCCCC2)c(Cl)c1)[C@@H]1[C@@H](C(=O)O)[C@H]2C=C[C@@H]1C2. The second kappa shape index (κ2) is 7.59. The summed E-state index contributed by atoms with van der Waals surface area (Å²) in [5, 5.41) is 12.6. The zero-order valence-electron chi connectivity index (χ0n) is 15.4. The molecule has 2 bridgehead atoms. The molecule has 148 valence electrons. The molecule has 2 amide bonds. The number of rotatable bonds is 4. The van der Waals surface area contributed by atoms with Crippen LogP contribution in [0.25, 0.3) is 0 Å². The third-order valence-corrected chi connectivity index (χ3v) is 6.47. The Morgan fingerprint density at radius 1 is 1.04 bits per heavy atom. The Morgan fingerprint density at radius 3 is 2.36 bits per heavy atom. The summed E-state index contributed by atoms with van der Waals surface area (Å²) < 4.78 is 0. The van der Waals surface area contributed by atoms with Crippen LogP contribution in [0.1, 0.15) is 36.0 Å². The van der Waals surface area contributed by atoms with Gasteiger partial charge in [-0.05, 0) is 55.7 Å². The molecule has 0 aromatic heterocycles. The first-order valence-electron chi connectivity index (χ1n) is 9.76. The summed E-state index contributed by atoms with van der Waals surface area (Å²) in [5.41, 5.74) is 0.897. The van der Waals surface area contributed by atoms with Gasteiger partial charge < -0.3 is 15.3 Å². The largest absolute Gasteiger partial charge is 0.481 e. The summed E-state index contributed by atoms with van der Waals surface area (Å²) in [6.07, 6.45) is 7.70. The van der Waals surface area contributed by atoms with Crippen LogP contribution in [0.2, 0.25) is 5.02 Å². The molecule has 2 aliphatic carbocycles. The van der Waals surface area contributed by atoms with E-state index in [0.29, 0.717) is 17.7 Å². The van der Waals surface area contributed by atoms with Crippen molar-refractivity contribution in [3.63, 3.8) is 0 Å². The highest BCUT2D eigenvalue weighted by Gasteiger charge is 2.51. The molecule has 2 N–H and O–H groups in total. The lowest BCUT2D eigenvalue weighted by Crippen LogP contribution is -2.36. The van der Waals surface area contributed by atoms with Crippen LogP contribution in [0.5, 0.6) is 0 Å². The lowest BCUT2D eigenvalue weighted by Gasteiger charge is -2.27.